The summed E-state index contributed by atoms with van der Waals surface area (Å²) in [5.41, 5.74) is 11.0. The molecule has 0 saturated heterocycles. The van der Waals surface area contributed by atoms with Gasteiger partial charge in [-0.25, -0.2) is 9.37 Å². The van der Waals surface area contributed by atoms with Crippen molar-refractivity contribution in [1.82, 2.24) is 14.5 Å². The molecule has 6 rings (SSSR count). The van der Waals surface area contributed by atoms with Crippen LogP contribution in [0.5, 0.6) is 0 Å². The Morgan fingerprint density at radius 2 is 1.84 bits per heavy atom. The van der Waals surface area contributed by atoms with Crippen molar-refractivity contribution in [2.24, 2.45) is 5.73 Å². The number of carbonyl (C=O) groups excluding carboxylic acids is 1. The highest BCUT2D eigenvalue weighted by atomic mass is 19.1. The summed E-state index contributed by atoms with van der Waals surface area (Å²) in [4.78, 5) is 19.8. The lowest BCUT2D eigenvalue weighted by Gasteiger charge is -2.21. The van der Waals surface area contributed by atoms with E-state index in [-0.39, 0.29) is 12.0 Å². The third-order valence-corrected chi connectivity index (χ3v) is 6.89. The number of aromatic amines is 1. The van der Waals surface area contributed by atoms with Crippen LogP contribution in [0.15, 0.2) is 84.9 Å². The van der Waals surface area contributed by atoms with E-state index in [0.29, 0.717) is 41.1 Å². The average Bonchev–Trinajstić information content (AvgIpc) is 3.50. The number of halogens is 1. The van der Waals surface area contributed by atoms with E-state index < -0.39 is 5.91 Å². The number of methoxy groups -OCH3 is 1. The highest BCUT2D eigenvalue weighted by Gasteiger charge is 2.21. The van der Waals surface area contributed by atoms with Gasteiger partial charge >= 0.3 is 0 Å². The topological polar surface area (TPSA) is 98.0 Å². The summed E-state index contributed by atoms with van der Waals surface area (Å²) in [5, 5.41) is 5.44. The summed E-state index contributed by atoms with van der Waals surface area (Å²) in [6.07, 6.45) is 0.344. The van der Waals surface area contributed by atoms with Crippen molar-refractivity contribution >= 4 is 44.4 Å². The van der Waals surface area contributed by atoms with Crippen LogP contribution in [-0.2, 0) is 4.74 Å². The number of ether oxygens (including phenoxy) is 1. The number of aromatic nitrogens is 3. The van der Waals surface area contributed by atoms with Gasteiger partial charge in [-0.05, 0) is 42.5 Å². The van der Waals surface area contributed by atoms with Gasteiger partial charge < -0.3 is 25.3 Å². The van der Waals surface area contributed by atoms with E-state index in [4.69, 9.17) is 15.5 Å². The summed E-state index contributed by atoms with van der Waals surface area (Å²) in [6, 6.07) is 26.0. The Hall–Kier alpha value is -4.69. The van der Waals surface area contributed by atoms with Gasteiger partial charge in [0.05, 0.1) is 27.6 Å². The van der Waals surface area contributed by atoms with Gasteiger partial charge in [0.2, 0.25) is 0 Å². The van der Waals surface area contributed by atoms with Crippen molar-refractivity contribution < 1.29 is 13.9 Å². The molecular weight excluding hydrogens is 481 g/mol. The van der Waals surface area contributed by atoms with Crippen LogP contribution in [0.4, 0.5) is 10.1 Å². The predicted molar refractivity (Wildman–Crippen MR) is 149 cm³/mol. The zero-order valence-corrected chi connectivity index (χ0v) is 20.7. The van der Waals surface area contributed by atoms with Gasteiger partial charge in [0.1, 0.15) is 17.9 Å². The van der Waals surface area contributed by atoms with Crippen molar-refractivity contribution in [3.05, 3.63) is 96.3 Å². The van der Waals surface area contributed by atoms with Gasteiger partial charge in [-0.15, -0.1) is 0 Å². The largest absolute Gasteiger partial charge is 0.384 e. The summed E-state index contributed by atoms with van der Waals surface area (Å²) in [6.45, 7) is 0.561. The molecule has 0 bridgehead atoms. The first-order valence-electron chi connectivity index (χ1n) is 12.4. The number of amides is 1. The molecule has 4 N–H and O–H groups in total. The van der Waals surface area contributed by atoms with E-state index in [0.717, 1.165) is 27.4 Å². The van der Waals surface area contributed by atoms with E-state index in [1.807, 2.05) is 36.4 Å². The number of carbonyl (C=O) groups is 1. The molecule has 1 unspecified atom stereocenters. The van der Waals surface area contributed by atoms with E-state index in [9.17, 15) is 9.18 Å². The summed E-state index contributed by atoms with van der Waals surface area (Å²) < 4.78 is 22.0. The van der Waals surface area contributed by atoms with Gasteiger partial charge in [0.25, 0.3) is 5.91 Å². The third kappa shape index (κ3) is 4.05. The smallest absolute Gasteiger partial charge is 0.250 e. The van der Waals surface area contributed by atoms with Crippen molar-refractivity contribution in [2.45, 2.75) is 12.6 Å². The fourth-order valence-electron chi connectivity index (χ4n) is 5.20. The SMILES string of the molecule is COC(CCNc1ccccc1C(N)=O)n1c2ccccc2c2c(-c3nc4ccc(F)cc4[nH]3)cccc21. The number of benzene rings is 4. The van der Waals surface area contributed by atoms with Gasteiger partial charge in [-0.1, -0.05) is 42.5 Å². The molecule has 8 heteroatoms. The van der Waals surface area contributed by atoms with Crippen LogP contribution in [0.3, 0.4) is 0 Å². The molecule has 0 aliphatic rings. The number of hydrogen-bond donors (Lipinski definition) is 3. The number of nitrogens with two attached hydrogens (primary N) is 1. The normalized spacial score (nSPS) is 12.4. The third-order valence-electron chi connectivity index (χ3n) is 6.89. The molecule has 0 saturated carbocycles. The molecule has 2 aromatic heterocycles. The molecule has 0 aliphatic carbocycles. The predicted octanol–water partition coefficient (Wildman–Crippen LogP) is 6.22. The first kappa shape index (κ1) is 23.7. The number of hydrogen-bond acceptors (Lipinski definition) is 4. The molecule has 7 nitrogen and oxygen atoms in total. The minimum absolute atomic E-state index is 0.286. The Balaban J connectivity index is 1.41. The van der Waals surface area contributed by atoms with Crippen molar-refractivity contribution in [2.75, 3.05) is 19.0 Å². The first-order valence-corrected chi connectivity index (χ1v) is 12.4. The Kier molecular flexibility index (Phi) is 6.01. The number of imidazole rings is 1. The first-order chi connectivity index (χ1) is 18.5. The van der Waals surface area contributed by atoms with Gasteiger partial charge in [0, 0.05) is 42.1 Å². The lowest BCUT2D eigenvalue weighted by molar-refractivity contribution is 0.0467. The molecule has 0 radical (unpaired) electrons. The quantitative estimate of drug-likeness (QED) is 0.228. The van der Waals surface area contributed by atoms with Gasteiger partial charge in [0.15, 0.2) is 0 Å². The summed E-state index contributed by atoms with van der Waals surface area (Å²) in [7, 11) is 1.69. The Morgan fingerprint density at radius 3 is 2.68 bits per heavy atom. The molecule has 0 fully saturated rings. The minimum Gasteiger partial charge on any atom is -0.384 e. The second-order valence-electron chi connectivity index (χ2n) is 9.15. The molecule has 38 heavy (non-hydrogen) atoms. The van der Waals surface area contributed by atoms with Crippen molar-refractivity contribution in [3.8, 4) is 11.4 Å². The Morgan fingerprint density at radius 1 is 1.05 bits per heavy atom. The lowest BCUT2D eigenvalue weighted by Crippen LogP contribution is -2.18. The van der Waals surface area contributed by atoms with Crippen LogP contribution in [0.1, 0.15) is 23.0 Å². The average molecular weight is 508 g/mol. The van der Waals surface area contributed by atoms with Gasteiger partial charge in [-0.2, -0.15) is 0 Å². The number of nitrogens with zero attached hydrogens (tertiary/aromatic N) is 2. The number of fused-ring (bicyclic) bond motifs is 4. The number of para-hydroxylation sites is 2. The van der Waals surface area contributed by atoms with E-state index in [1.54, 1.807) is 25.3 Å². The molecule has 1 atom stereocenters. The maximum Gasteiger partial charge on any atom is 0.250 e. The Labute approximate surface area is 218 Å². The molecule has 4 aromatic carbocycles. The molecule has 0 aliphatic heterocycles. The highest BCUT2D eigenvalue weighted by molar-refractivity contribution is 6.14. The highest BCUT2D eigenvalue weighted by Crippen LogP contribution is 2.38. The van der Waals surface area contributed by atoms with Gasteiger partial charge in [-0.3, -0.25) is 4.79 Å². The van der Waals surface area contributed by atoms with E-state index in [1.165, 1.54) is 12.1 Å². The maximum atomic E-state index is 13.8. The maximum absolute atomic E-state index is 13.8. The summed E-state index contributed by atoms with van der Waals surface area (Å²) in [5.74, 6) is -0.102. The zero-order valence-electron chi connectivity index (χ0n) is 20.7. The lowest BCUT2D eigenvalue weighted by atomic mass is 10.1. The summed E-state index contributed by atoms with van der Waals surface area (Å²) >= 11 is 0. The molecule has 2 heterocycles. The molecule has 1 amide bonds. The van der Waals surface area contributed by atoms with Crippen molar-refractivity contribution in [1.29, 1.82) is 0 Å². The zero-order chi connectivity index (χ0) is 26.2. The molecule has 6 aromatic rings. The number of nitrogens with one attached hydrogen (secondary N) is 2. The monoisotopic (exact) mass is 507 g/mol. The Bertz CT molecular complexity index is 1810. The van der Waals surface area contributed by atoms with Crippen LogP contribution in [-0.4, -0.2) is 34.1 Å². The molecular formula is C30H26FN5O2. The van der Waals surface area contributed by atoms with Crippen LogP contribution >= 0.6 is 0 Å². The fourth-order valence-corrected chi connectivity index (χ4v) is 5.20. The van der Waals surface area contributed by atoms with Crippen LogP contribution in [0.2, 0.25) is 0 Å². The number of anilines is 1. The van der Waals surface area contributed by atoms with Crippen LogP contribution in [0.25, 0.3) is 44.2 Å². The van der Waals surface area contributed by atoms with Crippen LogP contribution < -0.4 is 11.1 Å². The second kappa shape index (κ2) is 9.64. The second-order valence-corrected chi connectivity index (χ2v) is 9.15. The molecule has 190 valence electrons. The van der Waals surface area contributed by atoms with E-state index in [2.05, 4.69) is 33.1 Å². The number of rotatable bonds is 8. The standard InChI is InChI=1S/C30H26FN5O2/c1-38-27(15-16-33-22-10-4-2-7-19(22)29(32)37)36-25-11-5-3-8-20(25)28-21(9-6-12-26(28)36)30-34-23-14-13-18(31)17-24(23)35-30/h2-14,17,27,33H,15-16H2,1H3,(H2,32,37)(H,34,35). The molecule has 0 spiro atoms. The minimum atomic E-state index is -0.473. The number of H-pyrrole nitrogens is 1. The van der Waals surface area contributed by atoms with Crippen molar-refractivity contribution in [3.63, 3.8) is 0 Å². The fraction of sp³-hybridized carbons (Fsp3) is 0.133. The number of primary amides is 1. The van der Waals surface area contributed by atoms with Crippen LogP contribution in [0, 0.1) is 5.82 Å². The van der Waals surface area contributed by atoms with E-state index >= 15 is 0 Å².